The summed E-state index contributed by atoms with van der Waals surface area (Å²) in [5.41, 5.74) is 0.379. The van der Waals surface area contributed by atoms with Crippen molar-refractivity contribution in [3.8, 4) is 5.75 Å². The van der Waals surface area contributed by atoms with Crippen molar-refractivity contribution in [1.82, 2.24) is 19.7 Å². The molecule has 0 spiro atoms. The van der Waals surface area contributed by atoms with Gasteiger partial charge in [0.1, 0.15) is 12.7 Å². The van der Waals surface area contributed by atoms with Gasteiger partial charge in [-0.1, -0.05) is 0 Å². The molecule has 4 rings (SSSR count). The third-order valence-electron chi connectivity index (χ3n) is 5.15. The lowest BCUT2D eigenvalue weighted by Gasteiger charge is -2.39. The highest BCUT2D eigenvalue weighted by atomic mass is 19.1. The third-order valence-corrected chi connectivity index (χ3v) is 5.15. The minimum absolute atomic E-state index is 0.0962. The van der Waals surface area contributed by atoms with Crippen molar-refractivity contribution in [3.05, 3.63) is 42.2 Å². The van der Waals surface area contributed by atoms with Crippen LogP contribution in [0, 0.1) is 5.82 Å². The van der Waals surface area contributed by atoms with Crippen molar-refractivity contribution in [1.29, 1.82) is 0 Å². The fourth-order valence-electron chi connectivity index (χ4n) is 4.05. The van der Waals surface area contributed by atoms with Gasteiger partial charge in [-0.25, -0.2) is 14.1 Å². The van der Waals surface area contributed by atoms with Crippen LogP contribution < -0.4 is 4.74 Å². The van der Waals surface area contributed by atoms with Gasteiger partial charge in [0.05, 0.1) is 13.2 Å². The van der Waals surface area contributed by atoms with Gasteiger partial charge in [-0.2, -0.15) is 5.10 Å². The molecule has 2 aliphatic heterocycles. The summed E-state index contributed by atoms with van der Waals surface area (Å²) in [6, 6.07) is 5.04. The number of piperidine rings is 1. The fraction of sp³-hybridized carbons (Fsp3) is 0.471. The van der Waals surface area contributed by atoms with Crippen molar-refractivity contribution in [2.75, 3.05) is 7.11 Å². The van der Waals surface area contributed by atoms with E-state index in [1.165, 1.54) is 19.2 Å². The second-order valence-corrected chi connectivity index (χ2v) is 6.45. The summed E-state index contributed by atoms with van der Waals surface area (Å²) < 4.78 is 20.7. The SMILES string of the molecule is COc1ccc(C(=O)N2C3CCC2CC(n2cncn2)C3)cc1F. The number of halogens is 1. The Labute approximate surface area is 139 Å². The maximum absolute atomic E-state index is 13.9. The molecule has 2 unspecified atom stereocenters. The number of hydrogen-bond acceptors (Lipinski definition) is 4. The van der Waals surface area contributed by atoms with Crippen molar-refractivity contribution in [3.63, 3.8) is 0 Å². The molecule has 2 fully saturated rings. The topological polar surface area (TPSA) is 60.2 Å². The van der Waals surface area contributed by atoms with E-state index in [2.05, 4.69) is 10.1 Å². The summed E-state index contributed by atoms with van der Waals surface area (Å²) in [5.74, 6) is -0.450. The highest BCUT2D eigenvalue weighted by molar-refractivity contribution is 5.95. The molecule has 2 aliphatic rings. The molecule has 1 amide bonds. The van der Waals surface area contributed by atoms with Gasteiger partial charge in [-0.3, -0.25) is 4.79 Å². The molecule has 0 saturated carbocycles. The van der Waals surface area contributed by atoms with E-state index in [1.54, 1.807) is 18.7 Å². The minimum Gasteiger partial charge on any atom is -0.494 e. The Kier molecular flexibility index (Phi) is 3.70. The van der Waals surface area contributed by atoms with Gasteiger partial charge in [0.25, 0.3) is 5.91 Å². The summed E-state index contributed by atoms with van der Waals surface area (Å²) in [6.45, 7) is 0. The quantitative estimate of drug-likeness (QED) is 0.867. The highest BCUT2D eigenvalue weighted by Gasteiger charge is 2.44. The lowest BCUT2D eigenvalue weighted by Crippen LogP contribution is -2.47. The van der Waals surface area contributed by atoms with Crippen LogP contribution in [0.4, 0.5) is 4.39 Å². The second kappa shape index (κ2) is 5.89. The van der Waals surface area contributed by atoms with E-state index in [1.807, 2.05) is 9.58 Å². The maximum atomic E-state index is 13.9. The van der Waals surface area contributed by atoms with E-state index in [0.29, 0.717) is 5.56 Å². The number of ether oxygens (including phenoxy) is 1. The van der Waals surface area contributed by atoms with E-state index in [4.69, 9.17) is 4.74 Å². The lowest BCUT2D eigenvalue weighted by molar-refractivity contribution is 0.0523. The van der Waals surface area contributed by atoms with E-state index in [0.717, 1.165) is 25.7 Å². The van der Waals surface area contributed by atoms with Crippen LogP contribution in [0.25, 0.3) is 0 Å². The molecule has 0 N–H and O–H groups in total. The molecule has 1 aromatic carbocycles. The summed E-state index contributed by atoms with van der Waals surface area (Å²) in [4.78, 5) is 18.8. The molecule has 1 aromatic heterocycles. The van der Waals surface area contributed by atoms with Crippen LogP contribution in [-0.2, 0) is 0 Å². The third kappa shape index (κ3) is 2.44. The first-order valence-corrected chi connectivity index (χ1v) is 8.17. The largest absolute Gasteiger partial charge is 0.494 e. The Balaban J connectivity index is 1.55. The Morgan fingerprint density at radius 2 is 2.00 bits per heavy atom. The van der Waals surface area contributed by atoms with E-state index in [-0.39, 0.29) is 29.8 Å². The number of aromatic nitrogens is 3. The first-order valence-electron chi connectivity index (χ1n) is 8.17. The molecule has 0 aliphatic carbocycles. The number of benzene rings is 1. The summed E-state index contributed by atoms with van der Waals surface area (Å²) in [7, 11) is 1.41. The van der Waals surface area contributed by atoms with Crippen LogP contribution in [0.2, 0.25) is 0 Å². The first-order chi connectivity index (χ1) is 11.7. The molecule has 2 atom stereocenters. The van der Waals surface area contributed by atoms with Crippen LogP contribution in [-0.4, -0.2) is 44.8 Å². The maximum Gasteiger partial charge on any atom is 0.254 e. The van der Waals surface area contributed by atoms with Gasteiger partial charge >= 0.3 is 0 Å². The van der Waals surface area contributed by atoms with Crippen molar-refractivity contribution in [2.24, 2.45) is 0 Å². The van der Waals surface area contributed by atoms with E-state index < -0.39 is 5.82 Å². The number of nitrogens with zero attached hydrogens (tertiary/aromatic N) is 4. The average Bonchev–Trinajstić information content (AvgIpc) is 3.21. The zero-order valence-electron chi connectivity index (χ0n) is 13.4. The van der Waals surface area contributed by atoms with Crippen molar-refractivity contribution >= 4 is 5.91 Å². The number of hydrogen-bond donors (Lipinski definition) is 0. The zero-order chi connectivity index (χ0) is 16.7. The molecule has 3 heterocycles. The number of amides is 1. The molecule has 2 bridgehead atoms. The molecular formula is C17H19FN4O2. The molecule has 2 saturated heterocycles. The van der Waals surface area contributed by atoms with Gasteiger partial charge in [0.15, 0.2) is 11.6 Å². The molecule has 2 aromatic rings. The Morgan fingerprint density at radius 1 is 1.25 bits per heavy atom. The van der Waals surface area contributed by atoms with E-state index in [9.17, 15) is 9.18 Å². The van der Waals surface area contributed by atoms with Gasteiger partial charge < -0.3 is 9.64 Å². The number of rotatable bonds is 3. The van der Waals surface area contributed by atoms with Crippen LogP contribution in [0.1, 0.15) is 42.1 Å². The average molecular weight is 330 g/mol. The highest BCUT2D eigenvalue weighted by Crippen LogP contribution is 2.41. The number of methoxy groups -OCH3 is 1. The van der Waals surface area contributed by atoms with Crippen LogP contribution in [0.3, 0.4) is 0 Å². The predicted octanol–water partition coefficient (Wildman–Crippen LogP) is 2.43. The standard InChI is InChI=1S/C17H19FN4O2/c1-24-16-5-2-11(6-15(16)18)17(23)22-12-3-4-13(22)8-14(7-12)21-10-19-9-20-21/h2,5-6,9-10,12-14H,3-4,7-8H2,1H3. The minimum atomic E-state index is -0.506. The first kappa shape index (κ1) is 15.1. The normalized spacial score (nSPS) is 25.8. The van der Waals surface area contributed by atoms with Crippen LogP contribution >= 0.6 is 0 Å². The van der Waals surface area contributed by atoms with Gasteiger partial charge in [-0.05, 0) is 43.9 Å². The second-order valence-electron chi connectivity index (χ2n) is 6.45. The summed E-state index contributed by atoms with van der Waals surface area (Å²) in [5, 5.41) is 4.23. The molecule has 7 heteroatoms. The molecule has 126 valence electrons. The van der Waals surface area contributed by atoms with Crippen LogP contribution in [0.5, 0.6) is 5.75 Å². The Bertz CT molecular complexity index is 735. The molecule has 0 radical (unpaired) electrons. The van der Waals surface area contributed by atoms with Gasteiger partial charge in [0.2, 0.25) is 0 Å². The van der Waals surface area contributed by atoms with Crippen molar-refractivity contribution < 1.29 is 13.9 Å². The molecular weight excluding hydrogens is 311 g/mol. The molecule has 24 heavy (non-hydrogen) atoms. The number of carbonyl (C=O) groups is 1. The predicted molar refractivity (Wildman–Crippen MR) is 84.2 cm³/mol. The molecule has 6 nitrogen and oxygen atoms in total. The zero-order valence-corrected chi connectivity index (χ0v) is 13.4. The summed E-state index contributed by atoms with van der Waals surface area (Å²) >= 11 is 0. The van der Waals surface area contributed by atoms with Gasteiger partial charge in [0, 0.05) is 17.6 Å². The van der Waals surface area contributed by atoms with E-state index >= 15 is 0 Å². The van der Waals surface area contributed by atoms with Gasteiger partial charge in [-0.15, -0.1) is 0 Å². The van der Waals surface area contributed by atoms with Crippen LogP contribution in [0.15, 0.2) is 30.9 Å². The summed E-state index contributed by atoms with van der Waals surface area (Å²) in [6.07, 6.45) is 6.98. The lowest BCUT2D eigenvalue weighted by atomic mass is 9.96. The Morgan fingerprint density at radius 3 is 2.58 bits per heavy atom. The Hall–Kier alpha value is -2.44. The monoisotopic (exact) mass is 330 g/mol. The number of fused-ring (bicyclic) bond motifs is 2. The van der Waals surface area contributed by atoms with Crippen molar-refractivity contribution in [2.45, 2.75) is 43.8 Å². The smallest absolute Gasteiger partial charge is 0.254 e. The fourth-order valence-corrected chi connectivity index (χ4v) is 4.05. The number of carbonyl (C=O) groups excluding carboxylic acids is 1.